The van der Waals surface area contributed by atoms with Crippen molar-refractivity contribution in [3.8, 4) is 0 Å². The normalized spacial score (nSPS) is 13.3. The van der Waals surface area contributed by atoms with Gasteiger partial charge in [0, 0.05) is 16.6 Å². The Labute approximate surface area is 141 Å². The van der Waals surface area contributed by atoms with Crippen LogP contribution in [0.4, 0.5) is 0 Å². The lowest BCUT2D eigenvalue weighted by atomic mass is 10.1. The zero-order valence-electron chi connectivity index (χ0n) is 10.4. The van der Waals surface area contributed by atoms with Crippen molar-refractivity contribution in [2.45, 2.75) is 10.3 Å². The van der Waals surface area contributed by atoms with Gasteiger partial charge in [-0.05, 0) is 35.9 Å². The van der Waals surface area contributed by atoms with Crippen molar-refractivity contribution in [3.05, 3.63) is 50.3 Å². The van der Waals surface area contributed by atoms with Crippen LogP contribution >= 0.6 is 46.1 Å². The third-order valence-corrected chi connectivity index (χ3v) is 6.13. The zero-order chi connectivity index (χ0) is 15.6. The molecule has 2 aromatic rings. The molecule has 1 heterocycles. The van der Waals surface area contributed by atoms with Crippen molar-refractivity contribution < 1.29 is 13.5 Å². The van der Waals surface area contributed by atoms with Gasteiger partial charge in [0.15, 0.2) is 0 Å². The molecule has 4 nitrogen and oxygen atoms in total. The number of sulfonamides is 1. The molecule has 0 amide bonds. The quantitative estimate of drug-likeness (QED) is 0.823. The summed E-state index contributed by atoms with van der Waals surface area (Å²) in [5.74, 6) is 0. The maximum atomic E-state index is 12.0. The number of benzene rings is 1. The Balaban J connectivity index is 2.08. The lowest BCUT2D eigenvalue weighted by Gasteiger charge is -2.12. The first-order chi connectivity index (χ1) is 9.78. The second kappa shape index (κ2) is 6.83. The summed E-state index contributed by atoms with van der Waals surface area (Å²) in [4.78, 5) is 0. The first-order valence-electron chi connectivity index (χ1n) is 5.67. The van der Waals surface area contributed by atoms with E-state index in [1.807, 2.05) is 0 Å². The SMILES string of the molecule is O=S(=O)(NCC(O)c1cc(Cl)cc(Cl)c1)c1ccc(Cl)s1. The average Bonchev–Trinajstić information content (AvgIpc) is 2.82. The molecule has 1 aromatic carbocycles. The molecule has 0 bridgehead atoms. The van der Waals surface area contributed by atoms with Crippen LogP contribution in [0.5, 0.6) is 0 Å². The number of rotatable bonds is 5. The predicted octanol–water partition coefficient (Wildman–Crippen LogP) is 3.72. The third kappa shape index (κ3) is 4.56. The maximum absolute atomic E-state index is 12.0. The van der Waals surface area contributed by atoms with E-state index in [1.54, 1.807) is 0 Å². The lowest BCUT2D eigenvalue weighted by molar-refractivity contribution is 0.182. The molecule has 2 N–H and O–H groups in total. The van der Waals surface area contributed by atoms with Gasteiger partial charge in [0.1, 0.15) is 4.21 Å². The molecule has 0 aliphatic heterocycles. The van der Waals surface area contributed by atoms with Crippen molar-refractivity contribution in [1.29, 1.82) is 0 Å². The van der Waals surface area contributed by atoms with Crippen LogP contribution in [-0.4, -0.2) is 20.1 Å². The molecule has 0 aliphatic carbocycles. The van der Waals surface area contributed by atoms with Gasteiger partial charge in [0.25, 0.3) is 0 Å². The second-order valence-electron chi connectivity index (χ2n) is 4.13. The van der Waals surface area contributed by atoms with Crippen LogP contribution in [0.1, 0.15) is 11.7 Å². The largest absolute Gasteiger partial charge is 0.387 e. The van der Waals surface area contributed by atoms with Gasteiger partial charge < -0.3 is 5.11 Å². The minimum atomic E-state index is -3.70. The fourth-order valence-electron chi connectivity index (χ4n) is 1.59. The van der Waals surface area contributed by atoms with Crippen LogP contribution in [0.15, 0.2) is 34.5 Å². The van der Waals surface area contributed by atoms with E-state index in [9.17, 15) is 13.5 Å². The van der Waals surface area contributed by atoms with E-state index < -0.39 is 16.1 Å². The van der Waals surface area contributed by atoms with Crippen LogP contribution in [0, 0.1) is 0 Å². The monoisotopic (exact) mass is 385 g/mol. The Morgan fingerprint density at radius 1 is 1.14 bits per heavy atom. The number of aliphatic hydroxyl groups is 1. The molecule has 9 heteroatoms. The molecular formula is C12H10Cl3NO3S2. The summed E-state index contributed by atoms with van der Waals surface area (Å²) in [6, 6.07) is 7.46. The molecule has 0 aliphatic rings. The van der Waals surface area contributed by atoms with Crippen molar-refractivity contribution >= 4 is 56.2 Å². The Morgan fingerprint density at radius 2 is 1.76 bits per heavy atom. The summed E-state index contributed by atoms with van der Waals surface area (Å²) in [6.45, 7) is -0.200. The molecule has 0 spiro atoms. The minimum absolute atomic E-state index is 0.0869. The highest BCUT2D eigenvalue weighted by molar-refractivity contribution is 7.91. The second-order valence-corrected chi connectivity index (χ2v) is 8.71. The predicted molar refractivity (Wildman–Crippen MR) is 85.9 cm³/mol. The fourth-order valence-corrected chi connectivity index (χ4v) is 4.70. The average molecular weight is 387 g/mol. The molecule has 0 saturated heterocycles. The van der Waals surface area contributed by atoms with Gasteiger partial charge in [-0.2, -0.15) is 0 Å². The van der Waals surface area contributed by atoms with Crippen molar-refractivity contribution in [2.24, 2.45) is 0 Å². The lowest BCUT2D eigenvalue weighted by Crippen LogP contribution is -2.28. The highest BCUT2D eigenvalue weighted by Gasteiger charge is 2.19. The van der Waals surface area contributed by atoms with Gasteiger partial charge in [-0.15, -0.1) is 11.3 Å². The van der Waals surface area contributed by atoms with Gasteiger partial charge in [0.05, 0.1) is 10.4 Å². The van der Waals surface area contributed by atoms with E-state index in [0.717, 1.165) is 11.3 Å². The molecule has 1 aromatic heterocycles. The molecule has 1 unspecified atom stereocenters. The number of thiophene rings is 1. The van der Waals surface area contributed by atoms with Crippen LogP contribution < -0.4 is 4.72 Å². The molecule has 0 radical (unpaired) electrons. The van der Waals surface area contributed by atoms with Gasteiger partial charge in [-0.1, -0.05) is 34.8 Å². The number of nitrogens with one attached hydrogen (secondary N) is 1. The highest BCUT2D eigenvalue weighted by atomic mass is 35.5. The minimum Gasteiger partial charge on any atom is -0.387 e. The topological polar surface area (TPSA) is 66.4 Å². The first-order valence-corrected chi connectivity index (χ1v) is 9.10. The molecular weight excluding hydrogens is 377 g/mol. The van der Waals surface area contributed by atoms with E-state index in [-0.39, 0.29) is 10.8 Å². The van der Waals surface area contributed by atoms with Crippen molar-refractivity contribution in [1.82, 2.24) is 4.72 Å². The number of aliphatic hydroxyl groups excluding tert-OH is 1. The summed E-state index contributed by atoms with van der Waals surface area (Å²) >= 11 is 18.3. The number of hydrogen-bond donors (Lipinski definition) is 2. The van der Waals surface area contributed by atoms with E-state index >= 15 is 0 Å². The third-order valence-electron chi connectivity index (χ3n) is 2.55. The Bertz CT molecular complexity index is 726. The molecule has 21 heavy (non-hydrogen) atoms. The summed E-state index contributed by atoms with van der Waals surface area (Å²) in [7, 11) is -3.70. The summed E-state index contributed by atoms with van der Waals surface area (Å²) in [5.41, 5.74) is 0.430. The number of hydrogen-bond acceptors (Lipinski definition) is 4. The number of halogens is 3. The van der Waals surface area contributed by atoms with Gasteiger partial charge in [-0.25, -0.2) is 13.1 Å². The van der Waals surface area contributed by atoms with Gasteiger partial charge in [-0.3, -0.25) is 0 Å². The van der Waals surface area contributed by atoms with E-state index in [1.165, 1.54) is 30.3 Å². The van der Waals surface area contributed by atoms with E-state index in [4.69, 9.17) is 34.8 Å². The van der Waals surface area contributed by atoms with Crippen LogP contribution in [0.2, 0.25) is 14.4 Å². The van der Waals surface area contributed by atoms with Gasteiger partial charge >= 0.3 is 0 Å². The van der Waals surface area contributed by atoms with Crippen molar-refractivity contribution in [2.75, 3.05) is 6.54 Å². The fraction of sp³-hybridized carbons (Fsp3) is 0.167. The smallest absolute Gasteiger partial charge is 0.250 e. The van der Waals surface area contributed by atoms with Crippen LogP contribution in [0.25, 0.3) is 0 Å². The molecule has 1 atom stereocenters. The Morgan fingerprint density at radius 3 is 2.29 bits per heavy atom. The first kappa shape index (κ1) is 17.0. The Kier molecular flexibility index (Phi) is 5.54. The van der Waals surface area contributed by atoms with Crippen LogP contribution in [-0.2, 0) is 10.0 Å². The zero-order valence-corrected chi connectivity index (χ0v) is 14.3. The summed E-state index contributed by atoms with van der Waals surface area (Å²) in [5, 5.41) is 10.7. The molecule has 0 fully saturated rings. The summed E-state index contributed by atoms with van der Waals surface area (Å²) < 4.78 is 26.8. The molecule has 0 saturated carbocycles. The molecule has 114 valence electrons. The molecule has 2 rings (SSSR count). The highest BCUT2D eigenvalue weighted by Crippen LogP contribution is 2.26. The van der Waals surface area contributed by atoms with E-state index in [0.29, 0.717) is 19.9 Å². The van der Waals surface area contributed by atoms with Gasteiger partial charge in [0.2, 0.25) is 10.0 Å². The standard InChI is InChI=1S/C12H10Cl3NO3S2/c13-8-3-7(4-9(14)5-8)10(17)6-16-21(18,19)12-2-1-11(15)20-12/h1-5,10,16-17H,6H2. The summed E-state index contributed by atoms with van der Waals surface area (Å²) in [6.07, 6.45) is -1.06. The van der Waals surface area contributed by atoms with Crippen molar-refractivity contribution in [3.63, 3.8) is 0 Å². The van der Waals surface area contributed by atoms with E-state index in [2.05, 4.69) is 4.72 Å². The Hall–Kier alpha value is -0.340. The maximum Gasteiger partial charge on any atom is 0.250 e. The van der Waals surface area contributed by atoms with Crippen LogP contribution in [0.3, 0.4) is 0 Å².